The van der Waals surface area contributed by atoms with E-state index in [-0.39, 0.29) is 35.6 Å². The van der Waals surface area contributed by atoms with Gasteiger partial charge in [-0.1, -0.05) is 55.5 Å². The first-order valence-corrected chi connectivity index (χ1v) is 13.7. The molecule has 3 aromatic rings. The maximum atomic E-state index is 13.9. The number of carbonyl (C=O) groups is 1. The molecule has 40 heavy (non-hydrogen) atoms. The largest absolute Gasteiger partial charge is 0.493 e. The Morgan fingerprint density at radius 2 is 1.85 bits per heavy atom. The summed E-state index contributed by atoms with van der Waals surface area (Å²) in [6.07, 6.45) is 3.26. The van der Waals surface area contributed by atoms with Gasteiger partial charge in [-0.15, -0.1) is 0 Å². The van der Waals surface area contributed by atoms with Crippen molar-refractivity contribution < 1.29 is 27.2 Å². The van der Waals surface area contributed by atoms with Crippen molar-refractivity contribution in [2.24, 2.45) is 16.6 Å². The van der Waals surface area contributed by atoms with Gasteiger partial charge in [-0.2, -0.15) is 23.1 Å². The zero-order valence-electron chi connectivity index (χ0n) is 22.1. The summed E-state index contributed by atoms with van der Waals surface area (Å²) in [5.41, 5.74) is 5.85. The minimum atomic E-state index is -4.61. The zero-order valence-corrected chi connectivity index (χ0v) is 22.1. The fourth-order valence-corrected chi connectivity index (χ4v) is 5.43. The fraction of sp³-hybridized carbons (Fsp3) is 0.448. The molecule has 0 spiro atoms. The molecular formula is C29H32F3N5O3. The molecule has 2 N–H and O–H groups in total. The van der Waals surface area contributed by atoms with E-state index in [1.54, 1.807) is 35.2 Å². The molecule has 2 aromatic carbocycles. The number of ether oxygens (including phenoxy) is 1. The SMILES string of the molecule is NC(=NC(=O)c1ccccc1)N1CCC[C@H]1c1nc(-c2ccc(OCCC3CCCCC3)c(C(F)(F)F)c2)no1. The van der Waals surface area contributed by atoms with Crippen LogP contribution >= 0.6 is 0 Å². The van der Waals surface area contributed by atoms with Gasteiger partial charge >= 0.3 is 6.18 Å². The van der Waals surface area contributed by atoms with Crippen molar-refractivity contribution in [2.75, 3.05) is 13.2 Å². The number of nitrogens with zero attached hydrogens (tertiary/aromatic N) is 4. The fourth-order valence-electron chi connectivity index (χ4n) is 5.43. The summed E-state index contributed by atoms with van der Waals surface area (Å²) < 4.78 is 52.9. The first-order chi connectivity index (χ1) is 19.3. The number of benzene rings is 2. The predicted molar refractivity (Wildman–Crippen MR) is 142 cm³/mol. The molecule has 1 atom stereocenters. The summed E-state index contributed by atoms with van der Waals surface area (Å²) in [6.45, 7) is 0.762. The minimum absolute atomic E-state index is 0.0187. The van der Waals surface area contributed by atoms with E-state index in [9.17, 15) is 18.0 Å². The number of alkyl halides is 3. The van der Waals surface area contributed by atoms with Gasteiger partial charge in [0.2, 0.25) is 11.7 Å². The van der Waals surface area contributed by atoms with Crippen LogP contribution in [-0.2, 0) is 6.18 Å². The zero-order chi connectivity index (χ0) is 28.1. The third-order valence-electron chi connectivity index (χ3n) is 7.56. The van der Waals surface area contributed by atoms with Crippen molar-refractivity contribution >= 4 is 11.9 Å². The topological polar surface area (TPSA) is 107 Å². The second-order valence-corrected chi connectivity index (χ2v) is 10.3. The molecule has 0 bridgehead atoms. The highest BCUT2D eigenvalue weighted by atomic mass is 19.4. The molecule has 1 saturated carbocycles. The van der Waals surface area contributed by atoms with Crippen molar-refractivity contribution in [1.29, 1.82) is 0 Å². The van der Waals surface area contributed by atoms with Crippen LogP contribution < -0.4 is 10.5 Å². The quantitative estimate of drug-likeness (QED) is 0.266. The van der Waals surface area contributed by atoms with Gasteiger partial charge in [0.15, 0.2) is 5.96 Å². The molecule has 212 valence electrons. The summed E-state index contributed by atoms with van der Waals surface area (Å²) in [5, 5.41) is 3.94. The number of hydrogen-bond donors (Lipinski definition) is 1. The number of likely N-dealkylation sites (tertiary alicyclic amines) is 1. The molecule has 1 amide bonds. The van der Waals surface area contributed by atoms with Crippen molar-refractivity contribution in [1.82, 2.24) is 15.0 Å². The molecule has 1 aromatic heterocycles. The number of aliphatic imine (C=N–C) groups is 1. The van der Waals surface area contributed by atoms with Gasteiger partial charge in [-0.3, -0.25) is 4.79 Å². The second-order valence-electron chi connectivity index (χ2n) is 10.3. The monoisotopic (exact) mass is 555 g/mol. The number of amides is 1. The van der Waals surface area contributed by atoms with Crippen LogP contribution in [-0.4, -0.2) is 40.1 Å². The number of rotatable bonds is 7. The number of hydrogen-bond acceptors (Lipinski definition) is 5. The van der Waals surface area contributed by atoms with Crippen molar-refractivity contribution in [3.63, 3.8) is 0 Å². The van der Waals surface area contributed by atoms with E-state index >= 15 is 0 Å². The molecule has 2 fully saturated rings. The normalized spacial score (nSPS) is 18.7. The lowest BCUT2D eigenvalue weighted by molar-refractivity contribution is -0.138. The van der Waals surface area contributed by atoms with Gasteiger partial charge in [-0.05, 0) is 55.5 Å². The number of nitrogens with two attached hydrogens (primary N) is 1. The Bertz CT molecular complexity index is 1340. The summed E-state index contributed by atoms with van der Waals surface area (Å²) in [5.74, 6) is 0.0626. The van der Waals surface area contributed by atoms with Gasteiger partial charge in [0.05, 0.1) is 12.2 Å². The van der Waals surface area contributed by atoms with Crippen LogP contribution in [0.15, 0.2) is 58.0 Å². The molecule has 1 aliphatic carbocycles. The first kappa shape index (κ1) is 27.7. The maximum Gasteiger partial charge on any atom is 0.419 e. The number of carbonyl (C=O) groups excluding carboxylic acids is 1. The van der Waals surface area contributed by atoms with Crippen LogP contribution in [0.3, 0.4) is 0 Å². The molecule has 2 heterocycles. The first-order valence-electron chi connectivity index (χ1n) is 13.7. The van der Waals surface area contributed by atoms with E-state index < -0.39 is 23.7 Å². The number of aromatic nitrogens is 2. The lowest BCUT2D eigenvalue weighted by Gasteiger charge is -2.22. The van der Waals surface area contributed by atoms with Crippen LogP contribution in [0.4, 0.5) is 13.2 Å². The molecule has 1 aliphatic heterocycles. The Labute approximate surface area is 230 Å². The van der Waals surface area contributed by atoms with Gasteiger partial charge < -0.3 is 19.9 Å². The predicted octanol–water partition coefficient (Wildman–Crippen LogP) is 6.40. The van der Waals surface area contributed by atoms with Crippen LogP contribution in [0, 0.1) is 5.92 Å². The second kappa shape index (κ2) is 12.1. The highest BCUT2D eigenvalue weighted by Crippen LogP contribution is 2.39. The van der Waals surface area contributed by atoms with Gasteiger partial charge in [0.1, 0.15) is 11.8 Å². The minimum Gasteiger partial charge on any atom is -0.493 e. The van der Waals surface area contributed by atoms with E-state index in [1.807, 2.05) is 0 Å². The molecule has 5 rings (SSSR count). The summed E-state index contributed by atoms with van der Waals surface area (Å²) in [7, 11) is 0. The highest BCUT2D eigenvalue weighted by Gasteiger charge is 2.36. The van der Waals surface area contributed by atoms with Gasteiger partial charge in [0.25, 0.3) is 5.91 Å². The van der Waals surface area contributed by atoms with Crippen LogP contribution in [0.1, 0.15) is 79.2 Å². The molecule has 11 heteroatoms. The van der Waals surface area contributed by atoms with E-state index in [0.29, 0.717) is 24.4 Å². The average molecular weight is 556 g/mol. The van der Waals surface area contributed by atoms with Crippen molar-refractivity contribution in [3.05, 3.63) is 65.5 Å². The Balaban J connectivity index is 1.30. The molecular weight excluding hydrogens is 523 g/mol. The molecule has 0 radical (unpaired) electrons. The van der Waals surface area contributed by atoms with E-state index in [4.69, 9.17) is 15.0 Å². The third kappa shape index (κ3) is 6.46. The molecule has 1 saturated heterocycles. The van der Waals surface area contributed by atoms with Crippen molar-refractivity contribution in [3.8, 4) is 17.1 Å². The van der Waals surface area contributed by atoms with Crippen LogP contribution in [0.2, 0.25) is 0 Å². The molecule has 0 unspecified atom stereocenters. The summed E-state index contributed by atoms with van der Waals surface area (Å²) in [6, 6.07) is 11.9. The highest BCUT2D eigenvalue weighted by molar-refractivity contribution is 6.02. The lowest BCUT2D eigenvalue weighted by atomic mass is 9.87. The average Bonchev–Trinajstić information content (AvgIpc) is 3.64. The van der Waals surface area contributed by atoms with Crippen LogP contribution in [0.5, 0.6) is 5.75 Å². The Morgan fingerprint density at radius 1 is 1.07 bits per heavy atom. The third-order valence-corrected chi connectivity index (χ3v) is 7.56. The van der Waals surface area contributed by atoms with E-state index in [2.05, 4.69) is 15.1 Å². The molecule has 8 nitrogen and oxygen atoms in total. The van der Waals surface area contributed by atoms with Gasteiger partial charge in [-0.25, -0.2) is 0 Å². The van der Waals surface area contributed by atoms with Crippen molar-refractivity contribution in [2.45, 2.75) is 63.6 Å². The number of guanidine groups is 1. The smallest absolute Gasteiger partial charge is 0.419 e. The summed E-state index contributed by atoms with van der Waals surface area (Å²) in [4.78, 5) is 22.6. The van der Waals surface area contributed by atoms with Gasteiger partial charge in [0, 0.05) is 17.7 Å². The summed E-state index contributed by atoms with van der Waals surface area (Å²) >= 11 is 0. The maximum absolute atomic E-state index is 13.9. The number of halogens is 3. The lowest BCUT2D eigenvalue weighted by Crippen LogP contribution is -2.37. The van der Waals surface area contributed by atoms with E-state index in [1.165, 1.54) is 31.4 Å². The van der Waals surface area contributed by atoms with Crippen LogP contribution in [0.25, 0.3) is 11.4 Å². The van der Waals surface area contributed by atoms with E-state index in [0.717, 1.165) is 31.7 Å². The standard InChI is InChI=1S/C29H32F3N5O3/c30-29(31,32)22-18-21(13-14-24(22)39-17-15-19-8-3-1-4-9-19)25-34-27(40-36-25)23-12-7-16-37(23)28(33)35-26(38)20-10-5-2-6-11-20/h2,5-6,10-11,13-14,18-19,23H,1,3-4,7-9,12,15-17H2,(H2,33,35,38)/t23-/m0/s1. The molecule has 2 aliphatic rings. The Morgan fingerprint density at radius 3 is 2.60 bits per heavy atom. The Kier molecular flexibility index (Phi) is 8.37. The Hall–Kier alpha value is -3.89.